The van der Waals surface area contributed by atoms with Crippen molar-refractivity contribution < 1.29 is 4.79 Å². The van der Waals surface area contributed by atoms with Gasteiger partial charge in [-0.25, -0.2) is 0 Å². The number of anilines is 1. The van der Waals surface area contributed by atoms with Gasteiger partial charge in [0.15, 0.2) is 0 Å². The molecule has 0 aliphatic heterocycles. The van der Waals surface area contributed by atoms with Crippen LogP contribution in [-0.4, -0.2) is 5.91 Å². The summed E-state index contributed by atoms with van der Waals surface area (Å²) in [6, 6.07) is 7.92. The molecule has 0 radical (unpaired) electrons. The fourth-order valence-electron chi connectivity index (χ4n) is 1.85. The predicted molar refractivity (Wildman–Crippen MR) is 73.2 cm³/mol. The first kappa shape index (κ1) is 14.2. The molecule has 0 heterocycles. The van der Waals surface area contributed by atoms with Crippen molar-refractivity contribution in [2.24, 2.45) is 5.41 Å². The average molecular weight is 244 g/mol. The number of hydrogen-bond acceptors (Lipinski definition) is 2. The molecule has 96 valence electrons. The fraction of sp³-hybridized carbons (Fsp3) is 0.467. The van der Waals surface area contributed by atoms with E-state index in [1.807, 2.05) is 45.9 Å². The van der Waals surface area contributed by atoms with Crippen LogP contribution in [0.15, 0.2) is 18.2 Å². The van der Waals surface area contributed by atoms with Crippen LogP contribution in [-0.2, 0) is 4.79 Å². The quantitative estimate of drug-likeness (QED) is 0.880. The van der Waals surface area contributed by atoms with E-state index in [0.29, 0.717) is 12.8 Å². The topological polar surface area (TPSA) is 52.9 Å². The van der Waals surface area contributed by atoms with Crippen LogP contribution in [0.5, 0.6) is 0 Å². The molecule has 0 aliphatic rings. The number of benzene rings is 1. The molecular weight excluding hydrogens is 224 g/mol. The zero-order valence-corrected chi connectivity index (χ0v) is 11.5. The van der Waals surface area contributed by atoms with Gasteiger partial charge in [-0.15, -0.1) is 0 Å². The second-order valence-electron chi connectivity index (χ2n) is 4.65. The molecule has 1 rings (SSSR count). The molecule has 0 unspecified atom stereocenters. The lowest BCUT2D eigenvalue weighted by atomic mass is 9.83. The van der Waals surface area contributed by atoms with Crippen molar-refractivity contribution in [3.05, 3.63) is 29.3 Å². The second kappa shape index (κ2) is 5.68. The van der Waals surface area contributed by atoms with E-state index in [1.165, 1.54) is 5.56 Å². The molecule has 0 saturated heterocycles. The van der Waals surface area contributed by atoms with Gasteiger partial charge in [0.2, 0.25) is 5.91 Å². The summed E-state index contributed by atoms with van der Waals surface area (Å²) in [5.41, 5.74) is 2.15. The summed E-state index contributed by atoms with van der Waals surface area (Å²) in [4.78, 5) is 12.2. The number of carbonyl (C=O) groups is 1. The fourth-order valence-corrected chi connectivity index (χ4v) is 1.85. The first-order chi connectivity index (χ1) is 8.49. The van der Waals surface area contributed by atoms with Gasteiger partial charge >= 0.3 is 0 Å². The van der Waals surface area contributed by atoms with E-state index in [2.05, 4.69) is 11.4 Å². The molecule has 0 bridgehead atoms. The highest BCUT2D eigenvalue weighted by Crippen LogP contribution is 2.27. The number of nitriles is 1. The summed E-state index contributed by atoms with van der Waals surface area (Å²) >= 11 is 0. The average Bonchev–Trinajstić information content (AvgIpc) is 2.37. The normalized spacial score (nSPS) is 10.8. The molecule has 1 aromatic carbocycles. The highest BCUT2D eigenvalue weighted by Gasteiger charge is 2.34. The summed E-state index contributed by atoms with van der Waals surface area (Å²) < 4.78 is 0. The van der Waals surface area contributed by atoms with Crippen molar-refractivity contribution in [3.8, 4) is 6.07 Å². The van der Waals surface area contributed by atoms with E-state index in [0.717, 1.165) is 11.3 Å². The summed E-state index contributed by atoms with van der Waals surface area (Å²) in [6.45, 7) is 7.76. The van der Waals surface area contributed by atoms with E-state index in [-0.39, 0.29) is 5.91 Å². The smallest absolute Gasteiger partial charge is 0.244 e. The minimum absolute atomic E-state index is 0.210. The summed E-state index contributed by atoms with van der Waals surface area (Å²) in [7, 11) is 0. The maximum Gasteiger partial charge on any atom is 0.244 e. The molecule has 1 aromatic rings. The predicted octanol–water partition coefficient (Wildman–Crippen LogP) is 3.57. The van der Waals surface area contributed by atoms with E-state index in [9.17, 15) is 10.1 Å². The number of hydrogen-bond donors (Lipinski definition) is 1. The number of nitrogens with one attached hydrogen (secondary N) is 1. The van der Waals surface area contributed by atoms with Crippen molar-refractivity contribution in [2.75, 3.05) is 5.32 Å². The lowest BCUT2D eigenvalue weighted by molar-refractivity contribution is -0.123. The summed E-state index contributed by atoms with van der Waals surface area (Å²) in [5, 5.41) is 12.1. The van der Waals surface area contributed by atoms with Crippen LogP contribution in [0, 0.1) is 30.6 Å². The molecule has 0 aliphatic carbocycles. The van der Waals surface area contributed by atoms with Crippen molar-refractivity contribution in [1.82, 2.24) is 0 Å². The number of carbonyl (C=O) groups excluding carboxylic acids is 1. The molecule has 0 fully saturated rings. The van der Waals surface area contributed by atoms with Crippen LogP contribution < -0.4 is 5.32 Å². The minimum Gasteiger partial charge on any atom is -0.325 e. The van der Waals surface area contributed by atoms with Crippen molar-refractivity contribution >= 4 is 11.6 Å². The Hall–Kier alpha value is -1.82. The Morgan fingerprint density at radius 3 is 2.33 bits per heavy atom. The Kier molecular flexibility index (Phi) is 4.49. The Morgan fingerprint density at radius 1 is 1.28 bits per heavy atom. The molecule has 3 heteroatoms. The highest BCUT2D eigenvalue weighted by atomic mass is 16.2. The van der Waals surface area contributed by atoms with E-state index < -0.39 is 5.41 Å². The largest absolute Gasteiger partial charge is 0.325 e. The number of amides is 1. The third-order valence-electron chi connectivity index (χ3n) is 3.62. The highest BCUT2D eigenvalue weighted by molar-refractivity contribution is 5.97. The first-order valence-corrected chi connectivity index (χ1v) is 6.29. The lowest BCUT2D eigenvalue weighted by Crippen LogP contribution is -2.33. The van der Waals surface area contributed by atoms with Crippen LogP contribution >= 0.6 is 0 Å². The second-order valence-corrected chi connectivity index (χ2v) is 4.65. The van der Waals surface area contributed by atoms with Gasteiger partial charge in [-0.3, -0.25) is 4.79 Å². The molecule has 1 amide bonds. The van der Waals surface area contributed by atoms with Gasteiger partial charge in [0.25, 0.3) is 0 Å². The minimum atomic E-state index is -0.918. The Morgan fingerprint density at radius 2 is 1.89 bits per heavy atom. The number of aryl methyl sites for hydroxylation is 2. The van der Waals surface area contributed by atoms with Crippen LogP contribution in [0.3, 0.4) is 0 Å². The molecule has 0 atom stereocenters. The molecular formula is C15H20N2O. The summed E-state index contributed by atoms with van der Waals surface area (Å²) in [6.07, 6.45) is 1.05. The van der Waals surface area contributed by atoms with Gasteiger partial charge in [0, 0.05) is 5.69 Å². The Labute approximate surface area is 109 Å². The van der Waals surface area contributed by atoms with Gasteiger partial charge in [-0.2, -0.15) is 5.26 Å². The molecule has 18 heavy (non-hydrogen) atoms. The molecule has 0 saturated carbocycles. The van der Waals surface area contributed by atoms with Crippen LogP contribution in [0.25, 0.3) is 0 Å². The van der Waals surface area contributed by atoms with Crippen molar-refractivity contribution in [2.45, 2.75) is 40.5 Å². The molecule has 1 N–H and O–H groups in total. The van der Waals surface area contributed by atoms with Gasteiger partial charge in [-0.05, 0) is 49.9 Å². The van der Waals surface area contributed by atoms with Gasteiger partial charge in [0.1, 0.15) is 5.41 Å². The van der Waals surface area contributed by atoms with Crippen LogP contribution in [0.4, 0.5) is 5.69 Å². The maximum absolute atomic E-state index is 12.2. The van der Waals surface area contributed by atoms with Gasteiger partial charge in [0.05, 0.1) is 6.07 Å². The first-order valence-electron chi connectivity index (χ1n) is 6.29. The zero-order valence-electron chi connectivity index (χ0n) is 11.5. The van der Waals surface area contributed by atoms with Crippen molar-refractivity contribution in [1.29, 1.82) is 5.26 Å². The van der Waals surface area contributed by atoms with E-state index >= 15 is 0 Å². The zero-order chi connectivity index (χ0) is 13.8. The monoisotopic (exact) mass is 244 g/mol. The van der Waals surface area contributed by atoms with Crippen LogP contribution in [0.1, 0.15) is 37.8 Å². The SMILES string of the molecule is CCC(C#N)(CC)C(=O)Nc1ccc(C)c(C)c1. The molecule has 3 nitrogen and oxygen atoms in total. The number of nitrogens with zero attached hydrogens (tertiary/aromatic N) is 1. The third kappa shape index (κ3) is 2.70. The van der Waals surface area contributed by atoms with Crippen molar-refractivity contribution in [3.63, 3.8) is 0 Å². The summed E-state index contributed by atoms with van der Waals surface area (Å²) in [5.74, 6) is -0.210. The Bertz CT molecular complexity index is 482. The Balaban J connectivity index is 2.94. The van der Waals surface area contributed by atoms with E-state index in [4.69, 9.17) is 0 Å². The van der Waals surface area contributed by atoms with Gasteiger partial charge in [-0.1, -0.05) is 19.9 Å². The maximum atomic E-state index is 12.2. The van der Waals surface area contributed by atoms with Crippen LogP contribution in [0.2, 0.25) is 0 Å². The molecule has 0 spiro atoms. The lowest BCUT2D eigenvalue weighted by Gasteiger charge is -2.22. The standard InChI is InChI=1S/C15H20N2O/c1-5-15(6-2,10-16)14(18)17-13-8-7-11(3)12(4)9-13/h7-9H,5-6H2,1-4H3,(H,17,18). The van der Waals surface area contributed by atoms with E-state index in [1.54, 1.807) is 0 Å². The number of rotatable bonds is 4. The molecule has 0 aromatic heterocycles. The third-order valence-corrected chi connectivity index (χ3v) is 3.62. The van der Waals surface area contributed by atoms with Gasteiger partial charge < -0.3 is 5.32 Å².